The number of hydrogen-bond donors (Lipinski definition) is 1. The minimum atomic E-state index is 0.174. The van der Waals surface area contributed by atoms with Gasteiger partial charge in [-0.1, -0.05) is 0 Å². The lowest BCUT2D eigenvalue weighted by Gasteiger charge is -2.34. The number of ether oxygens (including phenoxy) is 1. The van der Waals surface area contributed by atoms with Gasteiger partial charge in [-0.25, -0.2) is 4.98 Å². The molecule has 5 heteroatoms. The normalized spacial score (nSPS) is 21.9. The Morgan fingerprint density at radius 3 is 3.12 bits per heavy atom. The Balaban J connectivity index is 1.75. The summed E-state index contributed by atoms with van der Waals surface area (Å²) in [4.78, 5) is 6.52. The number of hydrogen-bond acceptors (Lipinski definition) is 4. The van der Waals surface area contributed by atoms with Gasteiger partial charge in [0.05, 0.1) is 25.9 Å². The van der Waals surface area contributed by atoms with Crippen molar-refractivity contribution in [3.05, 3.63) is 18.2 Å². The largest absolute Gasteiger partial charge is 0.395 e. The number of imidazole rings is 1. The fraction of sp³-hybridized carbons (Fsp3) is 0.750. The molecule has 0 radical (unpaired) electrons. The van der Waals surface area contributed by atoms with Crippen molar-refractivity contribution in [2.75, 3.05) is 32.9 Å². The third kappa shape index (κ3) is 3.28. The highest BCUT2D eigenvalue weighted by molar-refractivity contribution is 4.88. The summed E-state index contributed by atoms with van der Waals surface area (Å²) in [5, 5.41) is 9.25. The first-order chi connectivity index (χ1) is 8.31. The van der Waals surface area contributed by atoms with Gasteiger partial charge in [0, 0.05) is 32.0 Å². The number of nitrogens with zero attached hydrogens (tertiary/aromatic N) is 3. The molecule has 1 atom stereocenters. The SMILES string of the molecule is Cc1nccn1CCCN1CCOCC1CO. The number of rotatable bonds is 5. The van der Waals surface area contributed by atoms with Crippen LogP contribution < -0.4 is 0 Å². The predicted molar refractivity (Wildman–Crippen MR) is 64.8 cm³/mol. The van der Waals surface area contributed by atoms with E-state index in [-0.39, 0.29) is 12.6 Å². The molecule has 0 amide bonds. The molecule has 2 rings (SSSR count). The van der Waals surface area contributed by atoms with Gasteiger partial charge in [-0.15, -0.1) is 0 Å². The highest BCUT2D eigenvalue weighted by Crippen LogP contribution is 2.08. The quantitative estimate of drug-likeness (QED) is 0.801. The van der Waals surface area contributed by atoms with Crippen LogP contribution in [-0.4, -0.2) is 58.5 Å². The first kappa shape index (κ1) is 12.5. The first-order valence-corrected chi connectivity index (χ1v) is 6.21. The Morgan fingerprint density at radius 2 is 2.41 bits per heavy atom. The van der Waals surface area contributed by atoms with E-state index in [4.69, 9.17) is 4.74 Å². The van der Waals surface area contributed by atoms with Crippen LogP contribution in [0.3, 0.4) is 0 Å². The monoisotopic (exact) mass is 239 g/mol. The highest BCUT2D eigenvalue weighted by atomic mass is 16.5. The smallest absolute Gasteiger partial charge is 0.105 e. The zero-order valence-electron chi connectivity index (χ0n) is 10.4. The standard InChI is InChI=1S/C12H21N3O2/c1-11-13-3-6-14(11)4-2-5-15-7-8-17-10-12(15)9-16/h3,6,12,16H,2,4-5,7-10H2,1H3. The molecule has 0 aromatic carbocycles. The van der Waals surface area contributed by atoms with E-state index in [0.717, 1.165) is 38.5 Å². The molecule has 0 bridgehead atoms. The Labute approximate surface area is 102 Å². The number of aliphatic hydroxyl groups excluding tert-OH is 1. The van der Waals surface area contributed by atoms with Crippen molar-refractivity contribution in [3.8, 4) is 0 Å². The zero-order chi connectivity index (χ0) is 12.1. The molecule has 0 saturated carbocycles. The van der Waals surface area contributed by atoms with Gasteiger partial charge in [0.2, 0.25) is 0 Å². The van der Waals surface area contributed by atoms with E-state index >= 15 is 0 Å². The first-order valence-electron chi connectivity index (χ1n) is 6.21. The van der Waals surface area contributed by atoms with Crippen molar-refractivity contribution in [2.24, 2.45) is 0 Å². The topological polar surface area (TPSA) is 50.5 Å². The van der Waals surface area contributed by atoms with Gasteiger partial charge in [-0.2, -0.15) is 0 Å². The third-order valence-corrected chi connectivity index (χ3v) is 3.33. The molecule has 17 heavy (non-hydrogen) atoms. The third-order valence-electron chi connectivity index (χ3n) is 3.33. The van der Waals surface area contributed by atoms with E-state index < -0.39 is 0 Å². The van der Waals surface area contributed by atoms with Crippen LogP contribution in [-0.2, 0) is 11.3 Å². The number of aromatic nitrogens is 2. The van der Waals surface area contributed by atoms with Crippen molar-refractivity contribution in [1.29, 1.82) is 0 Å². The van der Waals surface area contributed by atoms with Crippen molar-refractivity contribution < 1.29 is 9.84 Å². The molecule has 0 aliphatic carbocycles. The lowest BCUT2D eigenvalue weighted by Crippen LogP contribution is -2.47. The van der Waals surface area contributed by atoms with Crippen LogP contribution in [0, 0.1) is 6.92 Å². The predicted octanol–water partition coefficient (Wildman–Crippen LogP) is 0.275. The van der Waals surface area contributed by atoms with Crippen molar-refractivity contribution in [1.82, 2.24) is 14.5 Å². The van der Waals surface area contributed by atoms with Crippen LogP contribution in [0.25, 0.3) is 0 Å². The summed E-state index contributed by atoms with van der Waals surface area (Å²) in [6.07, 6.45) is 4.92. The molecule has 2 heterocycles. The molecule has 1 aliphatic rings. The molecule has 1 aromatic heterocycles. The van der Waals surface area contributed by atoms with Crippen LogP contribution in [0.15, 0.2) is 12.4 Å². The summed E-state index contributed by atoms with van der Waals surface area (Å²) in [6.45, 7) is 6.55. The summed E-state index contributed by atoms with van der Waals surface area (Å²) in [6, 6.07) is 0.174. The number of aryl methyl sites for hydroxylation is 2. The number of aliphatic hydroxyl groups is 1. The maximum Gasteiger partial charge on any atom is 0.105 e. The second-order valence-electron chi connectivity index (χ2n) is 4.47. The van der Waals surface area contributed by atoms with Gasteiger partial charge in [0.15, 0.2) is 0 Å². The Morgan fingerprint density at radius 1 is 1.53 bits per heavy atom. The van der Waals surface area contributed by atoms with Gasteiger partial charge in [-0.3, -0.25) is 4.90 Å². The molecule has 1 N–H and O–H groups in total. The second-order valence-corrected chi connectivity index (χ2v) is 4.47. The minimum Gasteiger partial charge on any atom is -0.395 e. The average Bonchev–Trinajstić information content (AvgIpc) is 2.76. The lowest BCUT2D eigenvalue weighted by atomic mass is 10.2. The molecule has 96 valence electrons. The maximum atomic E-state index is 9.25. The van der Waals surface area contributed by atoms with E-state index in [1.54, 1.807) is 0 Å². The van der Waals surface area contributed by atoms with Gasteiger partial charge >= 0.3 is 0 Å². The molecule has 1 fully saturated rings. The molecular weight excluding hydrogens is 218 g/mol. The Hall–Kier alpha value is -0.910. The van der Waals surface area contributed by atoms with Crippen LogP contribution in [0.4, 0.5) is 0 Å². The molecule has 5 nitrogen and oxygen atoms in total. The second kappa shape index (κ2) is 6.14. The van der Waals surface area contributed by atoms with Gasteiger partial charge in [0.1, 0.15) is 5.82 Å². The lowest BCUT2D eigenvalue weighted by molar-refractivity contribution is -0.0280. The van der Waals surface area contributed by atoms with Crippen molar-refractivity contribution in [3.63, 3.8) is 0 Å². The van der Waals surface area contributed by atoms with Crippen molar-refractivity contribution >= 4 is 0 Å². The number of morpholine rings is 1. The Bertz CT molecular complexity index is 340. The van der Waals surface area contributed by atoms with Crippen LogP contribution in [0.1, 0.15) is 12.2 Å². The van der Waals surface area contributed by atoms with Crippen LogP contribution in [0.2, 0.25) is 0 Å². The fourth-order valence-electron chi connectivity index (χ4n) is 2.24. The molecular formula is C12H21N3O2. The fourth-order valence-corrected chi connectivity index (χ4v) is 2.24. The highest BCUT2D eigenvalue weighted by Gasteiger charge is 2.21. The van der Waals surface area contributed by atoms with E-state index in [9.17, 15) is 5.11 Å². The van der Waals surface area contributed by atoms with Gasteiger partial charge in [-0.05, 0) is 13.3 Å². The van der Waals surface area contributed by atoms with Crippen LogP contribution in [0.5, 0.6) is 0 Å². The van der Waals surface area contributed by atoms with Crippen molar-refractivity contribution in [2.45, 2.75) is 25.9 Å². The summed E-state index contributed by atoms with van der Waals surface area (Å²) in [5.41, 5.74) is 0. The molecule has 0 spiro atoms. The van der Waals surface area contributed by atoms with E-state index in [2.05, 4.69) is 14.5 Å². The summed E-state index contributed by atoms with van der Waals surface area (Å²) in [5.74, 6) is 1.06. The maximum absolute atomic E-state index is 9.25. The van der Waals surface area contributed by atoms with Gasteiger partial charge < -0.3 is 14.4 Å². The Kier molecular flexibility index (Phi) is 4.53. The summed E-state index contributed by atoms with van der Waals surface area (Å²) in [7, 11) is 0. The summed E-state index contributed by atoms with van der Waals surface area (Å²) < 4.78 is 7.52. The van der Waals surface area contributed by atoms with Gasteiger partial charge in [0.25, 0.3) is 0 Å². The summed E-state index contributed by atoms with van der Waals surface area (Å²) >= 11 is 0. The van der Waals surface area contributed by atoms with E-state index in [1.165, 1.54) is 0 Å². The minimum absolute atomic E-state index is 0.174. The zero-order valence-corrected chi connectivity index (χ0v) is 10.4. The average molecular weight is 239 g/mol. The van der Waals surface area contributed by atoms with Crippen LogP contribution >= 0.6 is 0 Å². The van der Waals surface area contributed by atoms with E-state index in [1.807, 2.05) is 19.3 Å². The van der Waals surface area contributed by atoms with E-state index in [0.29, 0.717) is 6.61 Å². The molecule has 1 saturated heterocycles. The molecule has 1 unspecified atom stereocenters. The molecule has 1 aliphatic heterocycles. The molecule has 1 aromatic rings.